The Balaban J connectivity index is 0.000000199. The molecule has 3 aromatic rings. The van der Waals surface area contributed by atoms with Gasteiger partial charge >= 0.3 is 5.76 Å². The number of likely N-dealkylation sites (tertiary alicyclic amines) is 1. The van der Waals surface area contributed by atoms with E-state index >= 15 is 0 Å². The lowest BCUT2D eigenvalue weighted by atomic mass is 10.3. The predicted molar refractivity (Wildman–Crippen MR) is 131 cm³/mol. The first-order valence-electron chi connectivity index (χ1n) is 10.5. The third-order valence-electron chi connectivity index (χ3n) is 4.25. The van der Waals surface area contributed by atoms with Crippen molar-refractivity contribution >= 4 is 34.3 Å². The molecular formula is C22H27F2N5O3S2. The molecule has 0 radical (unpaired) electrons. The summed E-state index contributed by atoms with van der Waals surface area (Å²) in [5.74, 6) is -2.40. The molecule has 1 unspecified atom stereocenters. The Morgan fingerprint density at radius 2 is 1.91 bits per heavy atom. The smallest absolute Gasteiger partial charge is 0.330 e. The molecule has 1 aliphatic heterocycles. The summed E-state index contributed by atoms with van der Waals surface area (Å²) in [6.07, 6.45) is 8.24. The molecular weight excluding hydrogens is 484 g/mol. The third kappa shape index (κ3) is 9.98. The van der Waals surface area contributed by atoms with Gasteiger partial charge in [-0.15, -0.1) is 11.3 Å². The van der Waals surface area contributed by atoms with Crippen molar-refractivity contribution in [3.05, 3.63) is 53.8 Å². The summed E-state index contributed by atoms with van der Waals surface area (Å²) < 4.78 is 41.5. The first-order valence-corrected chi connectivity index (χ1v) is 12.5. The Morgan fingerprint density at radius 3 is 2.44 bits per heavy atom. The molecule has 34 heavy (non-hydrogen) atoms. The average molecular weight is 512 g/mol. The van der Waals surface area contributed by atoms with Crippen LogP contribution in [0.15, 0.2) is 48.9 Å². The molecule has 0 bridgehead atoms. The predicted octanol–water partition coefficient (Wildman–Crippen LogP) is 4.51. The van der Waals surface area contributed by atoms with Crippen molar-refractivity contribution in [2.24, 2.45) is 0 Å². The number of hydrogen-bond acceptors (Lipinski definition) is 8. The number of hydrogen-bond donors (Lipinski definition) is 1. The van der Waals surface area contributed by atoms with Crippen LogP contribution in [0.1, 0.15) is 29.4 Å². The van der Waals surface area contributed by atoms with Crippen LogP contribution in [0.3, 0.4) is 0 Å². The SMILES string of the molecule is CCOc1cncc(-c2ncc(C=O)s2)n1.CN1CCCC1.O=S(Nc1ccccc1)C(F)F. The summed E-state index contributed by atoms with van der Waals surface area (Å²) in [5.41, 5.74) is 1.04. The van der Waals surface area contributed by atoms with Gasteiger partial charge in [0.05, 0.1) is 23.9 Å². The molecule has 12 heteroatoms. The highest BCUT2D eigenvalue weighted by atomic mass is 32.2. The Kier molecular flexibility index (Phi) is 12.2. The van der Waals surface area contributed by atoms with E-state index in [1.165, 1.54) is 43.5 Å². The number of anilines is 1. The maximum atomic E-state index is 11.8. The van der Waals surface area contributed by atoms with E-state index in [2.05, 4.69) is 31.6 Å². The minimum Gasteiger partial charge on any atom is -0.477 e. The molecule has 1 saturated heterocycles. The minimum absolute atomic E-state index is 0.427. The normalized spacial score (nSPS) is 13.8. The highest BCUT2D eigenvalue weighted by Crippen LogP contribution is 2.23. The summed E-state index contributed by atoms with van der Waals surface area (Å²) in [7, 11) is -0.132. The molecule has 1 atom stereocenters. The third-order valence-corrected chi connectivity index (χ3v) is 5.95. The summed E-state index contributed by atoms with van der Waals surface area (Å²) in [4.78, 5) is 25.8. The number of alkyl halides is 2. The van der Waals surface area contributed by atoms with Gasteiger partial charge in [-0.2, -0.15) is 8.78 Å². The monoisotopic (exact) mass is 511 g/mol. The van der Waals surface area contributed by atoms with Crippen molar-refractivity contribution in [2.75, 3.05) is 31.5 Å². The summed E-state index contributed by atoms with van der Waals surface area (Å²) in [6.45, 7) is 5.05. The zero-order valence-electron chi connectivity index (χ0n) is 18.9. The fourth-order valence-corrected chi connectivity index (χ4v) is 3.81. The highest BCUT2D eigenvalue weighted by Gasteiger charge is 2.12. The lowest BCUT2D eigenvalue weighted by Crippen LogP contribution is -2.11. The lowest BCUT2D eigenvalue weighted by Gasteiger charge is -2.03. The maximum absolute atomic E-state index is 11.8. The minimum atomic E-state index is -2.86. The fraction of sp³-hybridized carbons (Fsp3) is 0.364. The average Bonchev–Trinajstić information content (AvgIpc) is 3.52. The highest BCUT2D eigenvalue weighted by molar-refractivity contribution is 7.86. The quantitative estimate of drug-likeness (QED) is 0.466. The van der Waals surface area contributed by atoms with E-state index in [4.69, 9.17) is 4.74 Å². The molecule has 3 heterocycles. The van der Waals surface area contributed by atoms with Crippen molar-refractivity contribution in [3.63, 3.8) is 0 Å². The number of benzene rings is 1. The number of carbonyl (C=O) groups is 1. The maximum Gasteiger partial charge on any atom is 0.330 e. The summed E-state index contributed by atoms with van der Waals surface area (Å²) in [6, 6.07) is 8.23. The first kappa shape index (κ1) is 27.4. The van der Waals surface area contributed by atoms with Crippen LogP contribution in [0.2, 0.25) is 0 Å². The van der Waals surface area contributed by atoms with Crippen LogP contribution in [0.25, 0.3) is 10.7 Å². The van der Waals surface area contributed by atoms with E-state index < -0.39 is 16.7 Å². The number of ether oxygens (including phenoxy) is 1. The molecule has 8 nitrogen and oxygen atoms in total. The molecule has 0 amide bonds. The van der Waals surface area contributed by atoms with Crippen LogP contribution in [0.5, 0.6) is 5.88 Å². The van der Waals surface area contributed by atoms with Gasteiger partial charge < -0.3 is 14.4 Å². The van der Waals surface area contributed by atoms with Gasteiger partial charge in [-0.25, -0.2) is 14.2 Å². The van der Waals surface area contributed by atoms with Crippen LogP contribution in [0, 0.1) is 0 Å². The van der Waals surface area contributed by atoms with Crippen LogP contribution >= 0.6 is 11.3 Å². The molecule has 1 aromatic carbocycles. The van der Waals surface area contributed by atoms with Crippen molar-refractivity contribution in [1.29, 1.82) is 0 Å². The van der Waals surface area contributed by atoms with Crippen molar-refractivity contribution in [3.8, 4) is 16.6 Å². The van der Waals surface area contributed by atoms with Crippen molar-refractivity contribution in [1.82, 2.24) is 19.9 Å². The second-order valence-corrected chi connectivity index (χ2v) is 9.12. The second-order valence-electron chi connectivity index (χ2n) is 6.90. The van der Waals surface area contributed by atoms with E-state index in [1.54, 1.807) is 42.7 Å². The number of para-hydroxylation sites is 1. The lowest BCUT2D eigenvalue weighted by molar-refractivity contribution is 0.112. The van der Waals surface area contributed by atoms with Gasteiger partial charge in [0.1, 0.15) is 10.7 Å². The molecule has 184 valence electrons. The molecule has 2 aromatic heterocycles. The molecule has 0 aliphatic carbocycles. The van der Waals surface area contributed by atoms with Gasteiger partial charge in [-0.1, -0.05) is 18.2 Å². The van der Waals surface area contributed by atoms with Crippen LogP contribution < -0.4 is 9.46 Å². The number of thiazole rings is 1. The van der Waals surface area contributed by atoms with Gasteiger partial charge in [0, 0.05) is 11.9 Å². The van der Waals surface area contributed by atoms with Crippen LogP contribution in [-0.2, 0) is 11.0 Å². The largest absolute Gasteiger partial charge is 0.477 e. The fourth-order valence-electron chi connectivity index (χ4n) is 2.67. The molecule has 1 aliphatic rings. The van der Waals surface area contributed by atoms with E-state index in [1.807, 2.05) is 6.92 Å². The Hall–Kier alpha value is -2.83. The molecule has 0 spiro atoms. The summed E-state index contributed by atoms with van der Waals surface area (Å²) in [5, 5.41) is 0.663. The van der Waals surface area contributed by atoms with Gasteiger partial charge in [-0.05, 0) is 52.0 Å². The number of nitrogens with one attached hydrogen (secondary N) is 1. The number of rotatable bonds is 7. The van der Waals surface area contributed by atoms with Gasteiger partial charge in [0.2, 0.25) is 5.88 Å². The number of aldehydes is 1. The Labute approximate surface area is 204 Å². The number of nitrogens with zero attached hydrogens (tertiary/aromatic N) is 4. The second kappa shape index (κ2) is 15.1. The topological polar surface area (TPSA) is 97.3 Å². The zero-order chi connectivity index (χ0) is 24.8. The van der Waals surface area contributed by atoms with Gasteiger partial charge in [0.25, 0.3) is 0 Å². The first-order chi connectivity index (χ1) is 16.4. The van der Waals surface area contributed by atoms with E-state index in [-0.39, 0.29) is 0 Å². The number of halogens is 2. The van der Waals surface area contributed by atoms with E-state index in [0.29, 0.717) is 33.8 Å². The van der Waals surface area contributed by atoms with E-state index in [9.17, 15) is 17.8 Å². The molecule has 1 fully saturated rings. The van der Waals surface area contributed by atoms with Gasteiger partial charge in [-0.3, -0.25) is 9.78 Å². The van der Waals surface area contributed by atoms with Crippen molar-refractivity contribution in [2.45, 2.75) is 25.5 Å². The zero-order valence-corrected chi connectivity index (χ0v) is 20.5. The van der Waals surface area contributed by atoms with Gasteiger partial charge in [0.15, 0.2) is 17.3 Å². The number of carbonyl (C=O) groups excluding carboxylic acids is 1. The van der Waals surface area contributed by atoms with Crippen molar-refractivity contribution < 1.29 is 22.5 Å². The Bertz CT molecular complexity index is 1020. The Morgan fingerprint density at radius 1 is 1.21 bits per heavy atom. The van der Waals surface area contributed by atoms with Crippen LogP contribution in [0.4, 0.5) is 14.5 Å². The molecule has 0 saturated carbocycles. The van der Waals surface area contributed by atoms with Crippen LogP contribution in [-0.4, -0.2) is 62.8 Å². The summed E-state index contributed by atoms with van der Waals surface area (Å²) >= 11 is 1.28. The standard InChI is InChI=1S/C10H9N3O2S.C7H7F2NOS.C5H11N/c1-2-15-9-5-11-4-8(13-9)10-12-3-7(6-14)16-10;8-7(9)12(11)10-6-4-2-1-3-5-6;1-6-4-2-3-5-6/h3-6H,2H2,1H3;1-5,7,10H;2-5H2,1H3. The number of aromatic nitrogens is 3. The van der Waals surface area contributed by atoms with E-state index in [0.717, 1.165) is 6.29 Å². The molecule has 4 rings (SSSR count). The molecule has 1 N–H and O–H groups in total.